The van der Waals surface area contributed by atoms with E-state index in [-0.39, 0.29) is 0 Å². The number of alkyl halides is 1. The van der Waals surface area contributed by atoms with Crippen LogP contribution < -0.4 is 0 Å². The molecule has 1 unspecified atom stereocenters. The predicted molar refractivity (Wildman–Crippen MR) is 74.4 cm³/mol. The lowest BCUT2D eigenvalue weighted by molar-refractivity contribution is 0.311. The summed E-state index contributed by atoms with van der Waals surface area (Å²) < 4.78 is 3.17. The summed E-state index contributed by atoms with van der Waals surface area (Å²) in [4.78, 5) is 2.47. The van der Waals surface area contributed by atoms with Gasteiger partial charge in [-0.15, -0.1) is 11.6 Å². The van der Waals surface area contributed by atoms with Gasteiger partial charge in [0.15, 0.2) is 0 Å². The van der Waals surface area contributed by atoms with Gasteiger partial charge in [-0.05, 0) is 41.2 Å². The zero-order valence-corrected chi connectivity index (χ0v) is 12.8. The van der Waals surface area contributed by atoms with Gasteiger partial charge in [0, 0.05) is 26.0 Å². The topological polar surface area (TPSA) is 21.1 Å². The fourth-order valence-corrected chi connectivity index (χ4v) is 3.38. The highest BCUT2D eigenvalue weighted by molar-refractivity contribution is 9.10. The molecular weight excluding hydrogens is 302 g/mol. The third kappa shape index (κ3) is 2.85. The van der Waals surface area contributed by atoms with Crippen molar-refractivity contribution in [2.75, 3.05) is 19.0 Å². The lowest BCUT2D eigenvalue weighted by atomic mass is 10.2. The quantitative estimate of drug-likeness (QED) is 0.796. The second-order valence-corrected chi connectivity index (χ2v) is 5.83. The number of aryl methyl sites for hydroxylation is 2. The average molecular weight is 321 g/mol. The molecule has 96 valence electrons. The summed E-state index contributed by atoms with van der Waals surface area (Å²) in [6.07, 6.45) is 2.19. The van der Waals surface area contributed by atoms with Crippen molar-refractivity contribution in [2.45, 2.75) is 26.3 Å². The van der Waals surface area contributed by atoms with E-state index in [4.69, 9.17) is 11.6 Å². The maximum atomic E-state index is 5.91. The van der Waals surface area contributed by atoms with Gasteiger partial charge in [0.05, 0.1) is 15.9 Å². The van der Waals surface area contributed by atoms with Crippen molar-refractivity contribution >= 4 is 27.5 Å². The molecular formula is C12H19BrClN3. The van der Waals surface area contributed by atoms with Gasteiger partial charge in [-0.1, -0.05) is 6.92 Å². The average Bonchev–Trinajstić information content (AvgIpc) is 2.88. The highest BCUT2D eigenvalue weighted by Gasteiger charge is 2.24. The molecule has 0 N–H and O–H groups in total. The number of hydrogen-bond acceptors (Lipinski definition) is 2. The van der Waals surface area contributed by atoms with Crippen molar-refractivity contribution in [2.24, 2.45) is 13.0 Å². The van der Waals surface area contributed by atoms with Gasteiger partial charge in [0.1, 0.15) is 0 Å². The summed E-state index contributed by atoms with van der Waals surface area (Å²) in [5, 5.41) is 4.53. The minimum absolute atomic E-state index is 0.661. The molecule has 0 aromatic carbocycles. The number of nitrogens with zero attached hydrogens (tertiary/aromatic N) is 3. The zero-order valence-electron chi connectivity index (χ0n) is 10.4. The summed E-state index contributed by atoms with van der Waals surface area (Å²) >= 11 is 9.58. The molecule has 1 aliphatic rings. The van der Waals surface area contributed by atoms with Gasteiger partial charge >= 0.3 is 0 Å². The molecule has 1 aromatic heterocycles. The second-order valence-electron chi connectivity index (χ2n) is 4.73. The first kappa shape index (κ1) is 13.4. The van der Waals surface area contributed by atoms with Crippen LogP contribution in [0.3, 0.4) is 0 Å². The van der Waals surface area contributed by atoms with Crippen LogP contribution >= 0.6 is 27.5 Å². The number of likely N-dealkylation sites (tertiary alicyclic amines) is 1. The summed E-state index contributed by atoms with van der Waals surface area (Å²) in [6, 6.07) is 0. The van der Waals surface area contributed by atoms with Gasteiger partial charge in [0.25, 0.3) is 0 Å². The Balaban J connectivity index is 2.06. The maximum absolute atomic E-state index is 5.91. The van der Waals surface area contributed by atoms with Gasteiger partial charge < -0.3 is 0 Å². The molecule has 0 bridgehead atoms. The minimum atomic E-state index is 0.661. The first-order valence-corrected chi connectivity index (χ1v) is 7.47. The van der Waals surface area contributed by atoms with Crippen molar-refractivity contribution in [3.05, 3.63) is 15.9 Å². The van der Waals surface area contributed by atoms with Crippen molar-refractivity contribution in [1.29, 1.82) is 0 Å². The van der Waals surface area contributed by atoms with Gasteiger partial charge in [-0.25, -0.2) is 0 Å². The molecule has 0 spiro atoms. The van der Waals surface area contributed by atoms with Gasteiger partial charge in [-0.2, -0.15) is 5.10 Å². The Morgan fingerprint density at radius 1 is 1.53 bits per heavy atom. The molecule has 5 heteroatoms. The summed E-state index contributed by atoms with van der Waals surface area (Å²) in [5.74, 6) is 1.44. The van der Waals surface area contributed by atoms with E-state index in [2.05, 4.69) is 32.9 Å². The molecule has 1 fully saturated rings. The number of hydrogen-bond donors (Lipinski definition) is 0. The predicted octanol–water partition coefficient (Wildman–Crippen LogP) is 2.81. The monoisotopic (exact) mass is 319 g/mol. The van der Waals surface area contributed by atoms with Crippen molar-refractivity contribution < 1.29 is 0 Å². The third-order valence-electron chi connectivity index (χ3n) is 3.46. The van der Waals surface area contributed by atoms with Crippen molar-refractivity contribution in [3.63, 3.8) is 0 Å². The number of rotatable bonds is 4. The summed E-state index contributed by atoms with van der Waals surface area (Å²) in [5.41, 5.74) is 2.42. The van der Waals surface area contributed by atoms with Crippen LogP contribution in [0, 0.1) is 5.92 Å². The summed E-state index contributed by atoms with van der Waals surface area (Å²) in [6.45, 7) is 5.37. The molecule has 0 amide bonds. The van der Waals surface area contributed by atoms with Crippen LogP contribution in [0.5, 0.6) is 0 Å². The Bertz CT molecular complexity index is 391. The lowest BCUT2D eigenvalue weighted by Gasteiger charge is -2.15. The molecule has 0 radical (unpaired) electrons. The first-order valence-electron chi connectivity index (χ1n) is 6.14. The van der Waals surface area contributed by atoms with Crippen LogP contribution in [-0.4, -0.2) is 33.6 Å². The Kier molecular flexibility index (Phi) is 4.50. The van der Waals surface area contributed by atoms with E-state index in [0.29, 0.717) is 5.92 Å². The fraction of sp³-hybridized carbons (Fsp3) is 0.750. The van der Waals surface area contributed by atoms with Crippen LogP contribution in [0.2, 0.25) is 0 Å². The fourth-order valence-electron chi connectivity index (χ4n) is 2.39. The van der Waals surface area contributed by atoms with Crippen LogP contribution in [0.4, 0.5) is 0 Å². The molecule has 2 rings (SSSR count). The highest BCUT2D eigenvalue weighted by Crippen LogP contribution is 2.25. The largest absolute Gasteiger partial charge is 0.297 e. The van der Waals surface area contributed by atoms with Crippen LogP contribution in [0.25, 0.3) is 0 Å². The normalized spacial score (nSPS) is 21.3. The van der Waals surface area contributed by atoms with E-state index < -0.39 is 0 Å². The lowest BCUT2D eigenvalue weighted by Crippen LogP contribution is -2.22. The Morgan fingerprint density at radius 2 is 2.29 bits per heavy atom. The van der Waals surface area contributed by atoms with Crippen molar-refractivity contribution in [3.8, 4) is 0 Å². The van der Waals surface area contributed by atoms with Crippen molar-refractivity contribution in [1.82, 2.24) is 14.7 Å². The van der Waals surface area contributed by atoms with E-state index in [1.54, 1.807) is 0 Å². The molecule has 1 aliphatic heterocycles. The standard InChI is InChI=1S/C12H19BrClN3/c1-3-10-12(13)11(16(2)15-10)8-17-5-4-9(6-14)7-17/h9H,3-8H2,1-2H3. The minimum Gasteiger partial charge on any atom is -0.297 e. The molecule has 0 saturated carbocycles. The molecule has 3 nitrogen and oxygen atoms in total. The molecule has 0 aliphatic carbocycles. The van der Waals surface area contributed by atoms with Gasteiger partial charge in [0.2, 0.25) is 0 Å². The van der Waals surface area contributed by atoms with Crippen LogP contribution in [0.15, 0.2) is 4.47 Å². The molecule has 1 saturated heterocycles. The van der Waals surface area contributed by atoms with E-state index >= 15 is 0 Å². The third-order valence-corrected chi connectivity index (χ3v) is 4.82. The number of aromatic nitrogens is 2. The number of halogens is 2. The smallest absolute Gasteiger partial charge is 0.0767 e. The van der Waals surface area contributed by atoms with E-state index in [0.717, 1.165) is 37.6 Å². The maximum Gasteiger partial charge on any atom is 0.0767 e. The molecule has 1 aromatic rings. The Hall–Kier alpha value is -0.0600. The Labute approximate surface area is 116 Å². The van der Waals surface area contributed by atoms with Crippen LogP contribution in [-0.2, 0) is 20.0 Å². The first-order chi connectivity index (χ1) is 8.15. The van der Waals surface area contributed by atoms with E-state index in [1.165, 1.54) is 16.6 Å². The van der Waals surface area contributed by atoms with E-state index in [1.807, 2.05) is 11.7 Å². The van der Waals surface area contributed by atoms with E-state index in [9.17, 15) is 0 Å². The second kappa shape index (κ2) is 5.72. The van der Waals surface area contributed by atoms with Gasteiger partial charge in [-0.3, -0.25) is 9.58 Å². The SMILES string of the molecule is CCc1nn(C)c(CN2CCC(CCl)C2)c1Br. The molecule has 17 heavy (non-hydrogen) atoms. The zero-order chi connectivity index (χ0) is 12.4. The Morgan fingerprint density at radius 3 is 2.82 bits per heavy atom. The summed E-state index contributed by atoms with van der Waals surface area (Å²) in [7, 11) is 2.02. The van der Waals surface area contributed by atoms with Crippen LogP contribution in [0.1, 0.15) is 24.7 Å². The molecule has 1 atom stereocenters. The molecule has 2 heterocycles. The highest BCUT2D eigenvalue weighted by atomic mass is 79.9.